The predicted octanol–water partition coefficient (Wildman–Crippen LogP) is 1.66. The summed E-state index contributed by atoms with van der Waals surface area (Å²) in [5.41, 5.74) is 0.692. The van der Waals surface area contributed by atoms with Crippen LogP contribution in [0.3, 0.4) is 0 Å². The maximum absolute atomic E-state index is 12.9. The van der Waals surface area contributed by atoms with Crippen LogP contribution in [0, 0.1) is 5.92 Å². The number of amides is 4. The summed E-state index contributed by atoms with van der Waals surface area (Å²) in [7, 11) is 3.04. The fraction of sp³-hybridized carbons (Fsp3) is 0.583. The highest BCUT2D eigenvalue weighted by atomic mass is 16.5. The molecule has 10 heteroatoms. The van der Waals surface area contributed by atoms with Crippen LogP contribution in [0.4, 0.5) is 4.79 Å². The molecule has 0 radical (unpaired) electrons. The number of carbonyl (C=O) groups excluding carboxylic acids is 4. The molecule has 4 amide bonds. The summed E-state index contributed by atoms with van der Waals surface area (Å²) < 4.78 is 10.4. The largest absolute Gasteiger partial charge is 0.497 e. The van der Waals surface area contributed by atoms with Crippen LogP contribution in [-0.4, -0.2) is 56.0 Å². The zero-order chi connectivity index (χ0) is 25.3. The Bertz CT molecular complexity index is 862. The molecule has 1 saturated carbocycles. The second-order valence-corrected chi connectivity index (χ2v) is 8.81. The van der Waals surface area contributed by atoms with Crippen molar-refractivity contribution in [3.8, 4) is 11.5 Å². The average molecular weight is 477 g/mol. The van der Waals surface area contributed by atoms with E-state index < -0.39 is 35.7 Å². The van der Waals surface area contributed by atoms with Crippen molar-refractivity contribution in [1.29, 1.82) is 0 Å². The smallest absolute Gasteiger partial charge is 0.315 e. The maximum atomic E-state index is 12.9. The second kappa shape index (κ2) is 12.8. The predicted molar refractivity (Wildman–Crippen MR) is 127 cm³/mol. The zero-order valence-electron chi connectivity index (χ0n) is 20.5. The molecule has 0 saturated heterocycles. The van der Waals surface area contributed by atoms with E-state index in [9.17, 15) is 19.2 Å². The van der Waals surface area contributed by atoms with Gasteiger partial charge in [0, 0.05) is 18.7 Å². The van der Waals surface area contributed by atoms with Crippen molar-refractivity contribution in [3.05, 3.63) is 23.8 Å². The molecular weight excluding hydrogens is 440 g/mol. The van der Waals surface area contributed by atoms with Crippen molar-refractivity contribution in [2.45, 2.75) is 71.1 Å². The van der Waals surface area contributed by atoms with Crippen LogP contribution in [0.25, 0.3) is 0 Å². The normalized spacial score (nSPS) is 14.5. The molecule has 0 spiro atoms. The molecule has 10 nitrogen and oxygen atoms in total. The summed E-state index contributed by atoms with van der Waals surface area (Å²) in [5, 5.41) is 10.7. The minimum atomic E-state index is -1.00. The molecule has 1 aromatic rings. The fourth-order valence-electron chi connectivity index (χ4n) is 3.34. The highest BCUT2D eigenvalue weighted by Gasteiger charge is 2.30. The Kier molecular flexibility index (Phi) is 10.2. The Morgan fingerprint density at radius 2 is 1.59 bits per heavy atom. The molecule has 1 fully saturated rings. The van der Waals surface area contributed by atoms with Crippen LogP contribution < -0.4 is 30.7 Å². The number of benzene rings is 1. The third-order valence-corrected chi connectivity index (χ3v) is 5.37. The summed E-state index contributed by atoms with van der Waals surface area (Å²) in [6, 6.07) is 3.08. The summed E-state index contributed by atoms with van der Waals surface area (Å²) in [4.78, 5) is 50.2. The van der Waals surface area contributed by atoms with Crippen LogP contribution >= 0.6 is 0 Å². The Hall–Kier alpha value is -3.30. The molecule has 0 aromatic heterocycles. The molecule has 188 valence electrons. The van der Waals surface area contributed by atoms with Gasteiger partial charge in [-0.05, 0) is 49.3 Å². The van der Waals surface area contributed by atoms with Gasteiger partial charge < -0.3 is 30.7 Å². The Morgan fingerprint density at radius 1 is 0.971 bits per heavy atom. The first-order chi connectivity index (χ1) is 16.2. The van der Waals surface area contributed by atoms with Crippen LogP contribution in [0.1, 0.15) is 52.0 Å². The molecule has 2 atom stereocenters. The molecule has 1 aromatic carbocycles. The van der Waals surface area contributed by atoms with E-state index in [1.807, 2.05) is 13.8 Å². The molecule has 2 rings (SSSR count). The highest BCUT2D eigenvalue weighted by Crippen LogP contribution is 2.22. The topological polar surface area (TPSA) is 135 Å². The highest BCUT2D eigenvalue weighted by molar-refractivity contribution is 6.38. The second-order valence-electron chi connectivity index (χ2n) is 8.81. The maximum Gasteiger partial charge on any atom is 0.315 e. The van der Waals surface area contributed by atoms with Gasteiger partial charge in [0.15, 0.2) is 0 Å². The molecule has 1 aliphatic rings. The molecule has 0 heterocycles. The van der Waals surface area contributed by atoms with E-state index in [0.717, 1.165) is 12.8 Å². The van der Waals surface area contributed by atoms with Gasteiger partial charge in [-0.2, -0.15) is 0 Å². The number of rotatable bonds is 13. The van der Waals surface area contributed by atoms with Crippen molar-refractivity contribution in [2.24, 2.45) is 5.92 Å². The lowest BCUT2D eigenvalue weighted by molar-refractivity contribution is -0.140. The number of hydrogen-bond donors (Lipinski definition) is 4. The number of methoxy groups -OCH3 is 2. The van der Waals surface area contributed by atoms with Gasteiger partial charge in [0.1, 0.15) is 17.5 Å². The van der Waals surface area contributed by atoms with Gasteiger partial charge in [0.25, 0.3) is 5.91 Å². The number of hydrogen-bond acceptors (Lipinski definition) is 6. The summed E-state index contributed by atoms with van der Waals surface area (Å²) in [6.45, 7) is 5.66. The molecule has 1 unspecified atom stereocenters. The number of ketones is 1. The first kappa shape index (κ1) is 26.9. The number of urea groups is 1. The first-order valence-corrected chi connectivity index (χ1v) is 11.6. The van der Waals surface area contributed by atoms with Gasteiger partial charge in [-0.15, -0.1) is 0 Å². The lowest BCUT2D eigenvalue weighted by atomic mass is 10.0. The van der Waals surface area contributed by atoms with E-state index in [1.165, 1.54) is 14.2 Å². The SMILES string of the molecule is CCC(NC(=O)[C@H](CC(C)C)NC(=O)NC1CC1)C(=O)C(=O)NCc1cc(OC)cc(OC)c1. The average Bonchev–Trinajstić information content (AvgIpc) is 3.63. The summed E-state index contributed by atoms with van der Waals surface area (Å²) in [5.74, 6) is -0.808. The van der Waals surface area contributed by atoms with Crippen molar-refractivity contribution in [1.82, 2.24) is 21.3 Å². The minimum absolute atomic E-state index is 0.0847. The Morgan fingerprint density at radius 3 is 2.09 bits per heavy atom. The lowest BCUT2D eigenvalue weighted by Gasteiger charge is -2.23. The summed E-state index contributed by atoms with van der Waals surface area (Å²) >= 11 is 0. The van der Waals surface area contributed by atoms with Gasteiger partial charge >= 0.3 is 6.03 Å². The number of nitrogens with one attached hydrogen (secondary N) is 4. The third kappa shape index (κ3) is 8.57. The van der Waals surface area contributed by atoms with Gasteiger partial charge in [-0.25, -0.2) is 4.79 Å². The number of Topliss-reactive ketones (excluding diaryl/α,β-unsaturated/α-hetero) is 1. The quantitative estimate of drug-likeness (QED) is 0.320. The third-order valence-electron chi connectivity index (χ3n) is 5.37. The number of carbonyl (C=O) groups is 4. The van der Waals surface area contributed by atoms with Crippen LogP contribution in [0.5, 0.6) is 11.5 Å². The van der Waals surface area contributed by atoms with Crippen LogP contribution in [0.15, 0.2) is 18.2 Å². The Balaban J connectivity index is 1.97. The van der Waals surface area contributed by atoms with E-state index >= 15 is 0 Å². The van der Waals surface area contributed by atoms with Crippen molar-refractivity contribution in [3.63, 3.8) is 0 Å². The molecule has 1 aliphatic carbocycles. The van der Waals surface area contributed by atoms with E-state index in [-0.39, 0.29) is 24.9 Å². The van der Waals surface area contributed by atoms with Gasteiger partial charge in [0.2, 0.25) is 11.7 Å². The van der Waals surface area contributed by atoms with Gasteiger partial charge in [-0.1, -0.05) is 20.8 Å². The van der Waals surface area contributed by atoms with Gasteiger partial charge in [0.05, 0.1) is 20.3 Å². The Labute approximate surface area is 200 Å². The zero-order valence-corrected chi connectivity index (χ0v) is 20.5. The number of ether oxygens (including phenoxy) is 2. The van der Waals surface area contributed by atoms with Gasteiger partial charge in [-0.3, -0.25) is 14.4 Å². The molecule has 34 heavy (non-hydrogen) atoms. The monoisotopic (exact) mass is 476 g/mol. The molecule has 0 bridgehead atoms. The van der Waals surface area contributed by atoms with Crippen molar-refractivity contribution >= 4 is 23.6 Å². The fourth-order valence-corrected chi connectivity index (χ4v) is 3.34. The molecular formula is C24H36N4O6. The van der Waals surface area contributed by atoms with Crippen LogP contribution in [-0.2, 0) is 20.9 Å². The van der Waals surface area contributed by atoms with Crippen LogP contribution in [0.2, 0.25) is 0 Å². The standard InChI is InChI=1S/C24H36N4O6/c1-6-19(27-22(30)20(9-14(2)3)28-24(32)26-16-7-8-16)21(29)23(31)25-13-15-10-17(33-4)12-18(11-15)34-5/h10-12,14,16,19-20H,6-9,13H2,1-5H3,(H,25,31)(H,27,30)(H2,26,28,32)/t19?,20-/m0/s1. The van der Waals surface area contributed by atoms with E-state index in [2.05, 4.69) is 21.3 Å². The summed E-state index contributed by atoms with van der Waals surface area (Å²) in [6.07, 6.45) is 2.49. The molecule has 4 N–H and O–H groups in total. The molecule has 0 aliphatic heterocycles. The van der Waals surface area contributed by atoms with Crippen molar-refractivity contribution < 1.29 is 28.7 Å². The van der Waals surface area contributed by atoms with E-state index in [4.69, 9.17) is 9.47 Å². The van der Waals surface area contributed by atoms with E-state index in [1.54, 1.807) is 25.1 Å². The minimum Gasteiger partial charge on any atom is -0.497 e. The lowest BCUT2D eigenvalue weighted by Crippen LogP contribution is -2.55. The van der Waals surface area contributed by atoms with Crippen molar-refractivity contribution in [2.75, 3.05) is 14.2 Å². The first-order valence-electron chi connectivity index (χ1n) is 11.6. The van der Waals surface area contributed by atoms with E-state index in [0.29, 0.717) is 23.5 Å².